The van der Waals surface area contributed by atoms with Crippen LogP contribution < -0.4 is 5.73 Å². The number of nitrogens with zero attached hydrogens (tertiary/aromatic N) is 2. The predicted molar refractivity (Wildman–Crippen MR) is 43.7 cm³/mol. The minimum absolute atomic E-state index is 0.0888. The summed E-state index contributed by atoms with van der Waals surface area (Å²) in [5, 5.41) is 8.50. The fourth-order valence-electron chi connectivity index (χ4n) is 1.00. The van der Waals surface area contributed by atoms with Gasteiger partial charge in [-0.05, 0) is 6.92 Å². The summed E-state index contributed by atoms with van der Waals surface area (Å²) in [6.07, 6.45) is -0.0888. The number of aromatic nitrogens is 2. The standard InChI is InChI=1S/C7H11N3O2/c1-4-7(8)10(2)5(9-4)3-6(11)12/h3,8H2,1-2H3,(H,11,12). The lowest BCUT2D eigenvalue weighted by Gasteiger charge is -1.98. The van der Waals surface area contributed by atoms with Crippen LogP contribution in [-0.4, -0.2) is 20.6 Å². The van der Waals surface area contributed by atoms with Crippen molar-refractivity contribution in [2.45, 2.75) is 13.3 Å². The van der Waals surface area contributed by atoms with Crippen LogP contribution >= 0.6 is 0 Å². The van der Waals surface area contributed by atoms with Gasteiger partial charge in [-0.3, -0.25) is 4.79 Å². The maximum absolute atomic E-state index is 10.3. The highest BCUT2D eigenvalue weighted by Crippen LogP contribution is 2.11. The topological polar surface area (TPSA) is 81.1 Å². The quantitative estimate of drug-likeness (QED) is 0.649. The second-order valence-electron chi connectivity index (χ2n) is 2.63. The van der Waals surface area contributed by atoms with Gasteiger partial charge in [-0.25, -0.2) is 4.98 Å². The molecule has 1 heterocycles. The molecule has 1 aromatic heterocycles. The van der Waals surface area contributed by atoms with Gasteiger partial charge in [0, 0.05) is 7.05 Å². The lowest BCUT2D eigenvalue weighted by Crippen LogP contribution is -2.07. The Bertz CT molecular complexity index is 317. The van der Waals surface area contributed by atoms with E-state index >= 15 is 0 Å². The highest BCUT2D eigenvalue weighted by molar-refractivity contribution is 5.69. The van der Waals surface area contributed by atoms with Gasteiger partial charge in [0.1, 0.15) is 18.1 Å². The molecule has 0 fully saturated rings. The first-order chi connectivity index (χ1) is 5.52. The van der Waals surface area contributed by atoms with Gasteiger partial charge >= 0.3 is 5.97 Å². The molecular weight excluding hydrogens is 158 g/mol. The van der Waals surface area contributed by atoms with Crippen LogP contribution in [0.1, 0.15) is 11.5 Å². The number of hydrogen-bond acceptors (Lipinski definition) is 3. The summed E-state index contributed by atoms with van der Waals surface area (Å²) in [5.41, 5.74) is 6.26. The van der Waals surface area contributed by atoms with Gasteiger partial charge in [0.15, 0.2) is 0 Å². The fraction of sp³-hybridized carbons (Fsp3) is 0.429. The van der Waals surface area contributed by atoms with Crippen molar-refractivity contribution >= 4 is 11.8 Å². The molecule has 0 aromatic carbocycles. The van der Waals surface area contributed by atoms with Crippen molar-refractivity contribution < 1.29 is 9.90 Å². The van der Waals surface area contributed by atoms with Crippen LogP contribution in [0.15, 0.2) is 0 Å². The van der Waals surface area contributed by atoms with Crippen LogP contribution in [0.5, 0.6) is 0 Å². The maximum atomic E-state index is 10.3. The van der Waals surface area contributed by atoms with Gasteiger partial charge in [0.05, 0.1) is 5.69 Å². The summed E-state index contributed by atoms with van der Waals surface area (Å²) in [7, 11) is 1.70. The molecule has 0 aliphatic carbocycles. The van der Waals surface area contributed by atoms with Crippen LogP contribution in [0.4, 0.5) is 5.82 Å². The van der Waals surface area contributed by atoms with E-state index in [0.29, 0.717) is 17.3 Å². The van der Waals surface area contributed by atoms with Gasteiger partial charge in [-0.1, -0.05) is 0 Å². The minimum Gasteiger partial charge on any atom is -0.481 e. The monoisotopic (exact) mass is 169 g/mol. The number of nitrogen functional groups attached to an aromatic ring is 1. The van der Waals surface area contributed by atoms with Crippen LogP contribution in [0.2, 0.25) is 0 Å². The Hall–Kier alpha value is -1.52. The predicted octanol–water partition coefficient (Wildman–Crippen LogP) is -0.0622. The van der Waals surface area contributed by atoms with E-state index in [1.165, 1.54) is 0 Å². The molecule has 0 aliphatic heterocycles. The van der Waals surface area contributed by atoms with Gasteiger partial charge < -0.3 is 15.4 Å². The molecule has 0 spiro atoms. The largest absolute Gasteiger partial charge is 0.481 e. The Kier molecular flexibility index (Phi) is 2.03. The van der Waals surface area contributed by atoms with Gasteiger partial charge in [0.2, 0.25) is 0 Å². The van der Waals surface area contributed by atoms with Crippen LogP contribution in [0, 0.1) is 6.92 Å². The molecular formula is C7H11N3O2. The molecule has 1 rings (SSSR count). The number of hydrogen-bond donors (Lipinski definition) is 2. The van der Waals surface area contributed by atoms with Gasteiger partial charge in [0.25, 0.3) is 0 Å². The molecule has 5 heteroatoms. The Balaban J connectivity index is 3.01. The number of rotatable bonds is 2. The van der Waals surface area contributed by atoms with Crippen molar-refractivity contribution in [1.29, 1.82) is 0 Å². The van der Waals surface area contributed by atoms with E-state index in [9.17, 15) is 4.79 Å². The van der Waals surface area contributed by atoms with E-state index in [0.717, 1.165) is 0 Å². The zero-order valence-corrected chi connectivity index (χ0v) is 7.03. The minimum atomic E-state index is -0.900. The van der Waals surface area contributed by atoms with Crippen molar-refractivity contribution in [3.8, 4) is 0 Å². The summed E-state index contributed by atoms with van der Waals surface area (Å²) >= 11 is 0. The molecule has 0 unspecified atom stereocenters. The first kappa shape index (κ1) is 8.58. The zero-order valence-electron chi connectivity index (χ0n) is 7.03. The smallest absolute Gasteiger partial charge is 0.311 e. The first-order valence-corrected chi connectivity index (χ1v) is 3.52. The maximum Gasteiger partial charge on any atom is 0.311 e. The van der Waals surface area contributed by atoms with E-state index in [1.807, 2.05) is 0 Å². The van der Waals surface area contributed by atoms with Gasteiger partial charge in [-0.2, -0.15) is 0 Å². The van der Waals surface area contributed by atoms with Crippen LogP contribution in [0.3, 0.4) is 0 Å². The average Bonchev–Trinajstić information content (AvgIpc) is 2.17. The Morgan fingerprint density at radius 1 is 1.75 bits per heavy atom. The molecule has 1 aromatic rings. The normalized spacial score (nSPS) is 10.2. The molecule has 0 aliphatic rings. The number of nitrogens with two attached hydrogens (primary N) is 1. The summed E-state index contributed by atoms with van der Waals surface area (Å²) in [6, 6.07) is 0. The second kappa shape index (κ2) is 2.84. The van der Waals surface area contributed by atoms with E-state index in [-0.39, 0.29) is 6.42 Å². The highest BCUT2D eigenvalue weighted by atomic mass is 16.4. The number of imidazole rings is 1. The Morgan fingerprint density at radius 2 is 2.33 bits per heavy atom. The lowest BCUT2D eigenvalue weighted by atomic mass is 10.4. The Labute approximate surface area is 69.8 Å². The van der Waals surface area contributed by atoms with E-state index in [4.69, 9.17) is 10.8 Å². The molecule has 0 amide bonds. The molecule has 12 heavy (non-hydrogen) atoms. The lowest BCUT2D eigenvalue weighted by molar-refractivity contribution is -0.136. The summed E-state index contributed by atoms with van der Waals surface area (Å²) < 4.78 is 1.59. The zero-order chi connectivity index (χ0) is 9.30. The third kappa shape index (κ3) is 1.39. The highest BCUT2D eigenvalue weighted by Gasteiger charge is 2.10. The van der Waals surface area contributed by atoms with E-state index in [2.05, 4.69) is 4.98 Å². The fourth-order valence-corrected chi connectivity index (χ4v) is 1.00. The number of carboxylic acid groups (broad SMARTS) is 1. The van der Waals surface area contributed by atoms with Crippen LogP contribution in [0.25, 0.3) is 0 Å². The SMILES string of the molecule is Cc1nc(CC(=O)O)n(C)c1N. The van der Waals surface area contributed by atoms with Crippen molar-refractivity contribution in [1.82, 2.24) is 9.55 Å². The van der Waals surface area contributed by atoms with Gasteiger partial charge in [-0.15, -0.1) is 0 Å². The molecule has 5 nitrogen and oxygen atoms in total. The molecule has 3 N–H and O–H groups in total. The number of carbonyl (C=O) groups is 1. The molecule has 0 radical (unpaired) electrons. The number of anilines is 1. The van der Waals surface area contributed by atoms with Crippen molar-refractivity contribution in [2.75, 3.05) is 5.73 Å². The van der Waals surface area contributed by atoms with Crippen molar-refractivity contribution in [2.24, 2.45) is 7.05 Å². The van der Waals surface area contributed by atoms with Crippen LogP contribution in [-0.2, 0) is 18.3 Å². The molecule has 0 atom stereocenters. The molecule has 0 bridgehead atoms. The van der Waals surface area contributed by atoms with Crippen molar-refractivity contribution in [3.05, 3.63) is 11.5 Å². The second-order valence-corrected chi connectivity index (χ2v) is 2.63. The summed E-state index contributed by atoms with van der Waals surface area (Å²) in [4.78, 5) is 14.4. The molecule has 0 saturated heterocycles. The third-order valence-corrected chi connectivity index (χ3v) is 1.73. The summed E-state index contributed by atoms with van der Waals surface area (Å²) in [5.74, 6) is 0.104. The Morgan fingerprint density at radius 3 is 2.67 bits per heavy atom. The summed E-state index contributed by atoms with van der Waals surface area (Å²) in [6.45, 7) is 1.75. The van der Waals surface area contributed by atoms with Crippen molar-refractivity contribution in [3.63, 3.8) is 0 Å². The number of aliphatic carboxylic acids is 1. The van der Waals surface area contributed by atoms with E-state index < -0.39 is 5.97 Å². The molecule has 0 saturated carbocycles. The number of aryl methyl sites for hydroxylation is 1. The van der Waals surface area contributed by atoms with E-state index in [1.54, 1.807) is 18.5 Å². The first-order valence-electron chi connectivity index (χ1n) is 3.52. The molecule has 66 valence electrons. The third-order valence-electron chi connectivity index (χ3n) is 1.73. The average molecular weight is 169 g/mol. The number of carboxylic acids is 1.